The van der Waals surface area contributed by atoms with Crippen molar-refractivity contribution in [3.63, 3.8) is 0 Å². The third-order valence-electron chi connectivity index (χ3n) is 4.92. The summed E-state index contributed by atoms with van der Waals surface area (Å²) in [7, 11) is -0.409. The Labute approximate surface area is 158 Å². The first-order valence-corrected chi connectivity index (χ1v) is 10.4. The van der Waals surface area contributed by atoms with Crippen LogP contribution in [0.15, 0.2) is 94.6 Å². The van der Waals surface area contributed by atoms with Gasteiger partial charge in [0.25, 0.3) is 0 Å². The van der Waals surface area contributed by atoms with Crippen molar-refractivity contribution in [2.24, 2.45) is 0 Å². The number of hydrogen-bond acceptors (Lipinski definition) is 1. The van der Waals surface area contributed by atoms with Crippen LogP contribution < -0.4 is 4.74 Å². The molecule has 26 heavy (non-hydrogen) atoms. The summed E-state index contributed by atoms with van der Waals surface area (Å²) in [6.45, 7) is 6.38. The van der Waals surface area contributed by atoms with Gasteiger partial charge in [-0.05, 0) is 48.6 Å². The van der Waals surface area contributed by atoms with Crippen LogP contribution in [0.2, 0.25) is 0 Å². The lowest BCUT2D eigenvalue weighted by molar-refractivity contribution is 0.0887. The zero-order valence-corrected chi connectivity index (χ0v) is 15.8. The van der Waals surface area contributed by atoms with Gasteiger partial charge in [0, 0.05) is 15.8 Å². The molecule has 0 saturated carbocycles. The Hall–Kier alpha value is -2.45. The summed E-state index contributed by atoms with van der Waals surface area (Å²) in [4.78, 5) is 1.35. The van der Waals surface area contributed by atoms with Crippen molar-refractivity contribution in [3.8, 4) is 5.75 Å². The minimum Gasteiger partial charge on any atom is -0.482 e. The SMILES string of the molecule is [CH2]C[C@](C)(Oc1cccc2ccccc12)c1ccccc1[SH]1C=CC=C1. The van der Waals surface area contributed by atoms with Crippen molar-refractivity contribution < 1.29 is 4.74 Å². The number of fused-ring (bicyclic) bond motifs is 1. The van der Waals surface area contributed by atoms with Crippen LogP contribution in [0.5, 0.6) is 5.75 Å². The highest BCUT2D eigenvalue weighted by Crippen LogP contribution is 2.48. The molecule has 4 rings (SSSR count). The average Bonchev–Trinajstić information content (AvgIpc) is 3.23. The molecule has 0 amide bonds. The van der Waals surface area contributed by atoms with Gasteiger partial charge in [0.1, 0.15) is 11.4 Å². The van der Waals surface area contributed by atoms with Gasteiger partial charge in [-0.2, -0.15) is 10.9 Å². The van der Waals surface area contributed by atoms with E-state index in [9.17, 15) is 0 Å². The predicted molar refractivity (Wildman–Crippen MR) is 114 cm³/mol. The maximum absolute atomic E-state index is 6.65. The van der Waals surface area contributed by atoms with Gasteiger partial charge in [-0.1, -0.05) is 66.7 Å². The molecule has 0 aromatic heterocycles. The van der Waals surface area contributed by atoms with Crippen LogP contribution in [-0.4, -0.2) is 0 Å². The fraction of sp³-hybridized carbons (Fsp3) is 0.125. The van der Waals surface area contributed by atoms with Crippen molar-refractivity contribution in [3.05, 3.63) is 102 Å². The lowest BCUT2D eigenvalue weighted by Crippen LogP contribution is -2.29. The molecule has 0 saturated heterocycles. The number of hydrogen-bond donors (Lipinski definition) is 1. The van der Waals surface area contributed by atoms with Crippen LogP contribution in [0, 0.1) is 6.92 Å². The predicted octanol–water partition coefficient (Wildman–Crippen LogP) is 6.76. The number of ether oxygens (including phenoxy) is 1. The Balaban J connectivity index is 1.79. The summed E-state index contributed by atoms with van der Waals surface area (Å²) in [5, 5.41) is 6.90. The quantitative estimate of drug-likeness (QED) is 0.495. The van der Waals surface area contributed by atoms with E-state index < -0.39 is 16.5 Å². The highest BCUT2D eigenvalue weighted by atomic mass is 32.2. The smallest absolute Gasteiger partial charge is 0.132 e. The molecule has 1 heterocycles. The summed E-state index contributed by atoms with van der Waals surface area (Å²) in [5.74, 6) is 0.911. The molecule has 1 radical (unpaired) electrons. The van der Waals surface area contributed by atoms with Gasteiger partial charge >= 0.3 is 0 Å². The van der Waals surface area contributed by atoms with E-state index in [-0.39, 0.29) is 0 Å². The van der Waals surface area contributed by atoms with Crippen LogP contribution in [0.4, 0.5) is 0 Å². The molecule has 0 fully saturated rings. The molecule has 3 aromatic rings. The van der Waals surface area contributed by atoms with E-state index in [2.05, 4.69) is 104 Å². The Bertz CT molecular complexity index is 971. The lowest BCUT2D eigenvalue weighted by Gasteiger charge is -2.33. The maximum Gasteiger partial charge on any atom is 0.132 e. The molecule has 131 valence electrons. The minimum atomic E-state index is -0.479. The van der Waals surface area contributed by atoms with Gasteiger partial charge in [-0.25, -0.2) is 0 Å². The summed E-state index contributed by atoms with van der Waals surface area (Å²) < 4.78 is 6.65. The molecule has 1 aliphatic heterocycles. The number of thiol groups is 1. The maximum atomic E-state index is 6.65. The van der Waals surface area contributed by atoms with Crippen molar-refractivity contribution in [1.82, 2.24) is 0 Å². The molecule has 0 spiro atoms. The average molecular weight is 360 g/mol. The summed E-state index contributed by atoms with van der Waals surface area (Å²) in [6, 6.07) is 23.2. The molecular formula is C24H23OS. The van der Waals surface area contributed by atoms with Crippen LogP contribution in [0.1, 0.15) is 18.9 Å². The second-order valence-corrected chi connectivity index (χ2v) is 8.56. The van der Waals surface area contributed by atoms with E-state index in [1.165, 1.54) is 15.8 Å². The van der Waals surface area contributed by atoms with Crippen LogP contribution >= 0.6 is 10.9 Å². The largest absolute Gasteiger partial charge is 0.482 e. The monoisotopic (exact) mass is 359 g/mol. The van der Waals surface area contributed by atoms with Crippen LogP contribution in [0.25, 0.3) is 10.8 Å². The van der Waals surface area contributed by atoms with E-state index in [1.54, 1.807) is 0 Å². The van der Waals surface area contributed by atoms with E-state index in [0.717, 1.165) is 11.1 Å². The molecule has 3 aromatic carbocycles. The van der Waals surface area contributed by atoms with Gasteiger partial charge in [0.2, 0.25) is 0 Å². The molecule has 0 N–H and O–H groups in total. The van der Waals surface area contributed by atoms with Crippen molar-refractivity contribution in [2.45, 2.75) is 23.8 Å². The number of allylic oxidation sites excluding steroid dienone is 2. The standard InChI is InChI=1S/C24H23OS/c1-3-24(2,21-14-6-7-16-23(21)26-17-8-9-18-26)25-22-15-10-12-19-11-4-5-13-20(19)22/h4-18,26H,1,3H2,2H3/t24-/m0/s1. The number of rotatable bonds is 5. The molecule has 0 unspecified atom stereocenters. The van der Waals surface area contributed by atoms with Crippen LogP contribution in [0.3, 0.4) is 0 Å². The highest BCUT2D eigenvalue weighted by molar-refractivity contribution is 8.22. The Kier molecular flexibility index (Phi) is 4.60. The minimum absolute atomic E-state index is 0.409. The van der Waals surface area contributed by atoms with Crippen molar-refractivity contribution in [2.75, 3.05) is 0 Å². The fourth-order valence-corrected chi connectivity index (χ4v) is 5.25. The normalized spacial score (nSPS) is 16.8. The zero-order valence-electron chi connectivity index (χ0n) is 14.9. The second kappa shape index (κ2) is 7.05. The molecule has 0 aliphatic carbocycles. The first kappa shape index (κ1) is 17.0. The van der Waals surface area contributed by atoms with Crippen LogP contribution in [-0.2, 0) is 5.60 Å². The molecule has 2 heteroatoms. The third kappa shape index (κ3) is 3.06. The molecule has 0 bridgehead atoms. The number of benzene rings is 3. The van der Waals surface area contributed by atoms with E-state index in [0.29, 0.717) is 6.42 Å². The van der Waals surface area contributed by atoms with Crippen molar-refractivity contribution >= 4 is 21.7 Å². The fourth-order valence-electron chi connectivity index (χ4n) is 3.41. The molecule has 1 nitrogen and oxygen atoms in total. The van der Waals surface area contributed by atoms with E-state index in [4.69, 9.17) is 4.74 Å². The molecule has 1 atom stereocenters. The van der Waals surface area contributed by atoms with E-state index in [1.807, 2.05) is 0 Å². The first-order valence-electron chi connectivity index (χ1n) is 8.90. The second-order valence-electron chi connectivity index (χ2n) is 6.67. The molecule has 1 aliphatic rings. The zero-order chi connectivity index (χ0) is 18.0. The third-order valence-corrected chi connectivity index (χ3v) is 6.85. The van der Waals surface area contributed by atoms with Gasteiger partial charge in [-0.15, -0.1) is 0 Å². The lowest BCUT2D eigenvalue weighted by atomic mass is 9.92. The Morgan fingerprint density at radius 3 is 2.38 bits per heavy atom. The Morgan fingerprint density at radius 2 is 1.58 bits per heavy atom. The first-order chi connectivity index (χ1) is 12.7. The van der Waals surface area contributed by atoms with Gasteiger partial charge in [0.15, 0.2) is 0 Å². The summed E-state index contributed by atoms with van der Waals surface area (Å²) in [6.07, 6.45) is 4.93. The summed E-state index contributed by atoms with van der Waals surface area (Å²) >= 11 is 0. The summed E-state index contributed by atoms with van der Waals surface area (Å²) in [5.41, 5.74) is 0.748. The van der Waals surface area contributed by atoms with Crippen molar-refractivity contribution in [1.29, 1.82) is 0 Å². The van der Waals surface area contributed by atoms with E-state index >= 15 is 0 Å². The van der Waals surface area contributed by atoms with Gasteiger partial charge < -0.3 is 4.74 Å². The van der Waals surface area contributed by atoms with Gasteiger partial charge in [-0.3, -0.25) is 0 Å². The topological polar surface area (TPSA) is 9.23 Å². The Morgan fingerprint density at radius 1 is 0.885 bits per heavy atom. The molecular weight excluding hydrogens is 336 g/mol. The van der Waals surface area contributed by atoms with Gasteiger partial charge in [0.05, 0.1) is 0 Å². The highest BCUT2D eigenvalue weighted by Gasteiger charge is 2.31.